The quantitative estimate of drug-likeness (QED) is 0.616. The van der Waals surface area contributed by atoms with Crippen LogP contribution in [0.1, 0.15) is 24.1 Å². The van der Waals surface area contributed by atoms with Crippen LogP contribution < -0.4 is 10.1 Å². The normalized spacial score (nSPS) is 10.6. The summed E-state index contributed by atoms with van der Waals surface area (Å²) in [6, 6.07) is 16.0. The van der Waals surface area contributed by atoms with Gasteiger partial charge in [-0.2, -0.15) is 5.10 Å². The topological polar surface area (TPSA) is 56.1 Å². The van der Waals surface area contributed by atoms with E-state index < -0.39 is 0 Å². The van der Waals surface area contributed by atoms with Crippen LogP contribution in [0.3, 0.4) is 0 Å². The van der Waals surface area contributed by atoms with Crippen LogP contribution in [0.5, 0.6) is 5.75 Å². The van der Waals surface area contributed by atoms with Gasteiger partial charge in [0.05, 0.1) is 18.8 Å². The largest absolute Gasteiger partial charge is 0.494 e. The van der Waals surface area contributed by atoms with E-state index in [-0.39, 0.29) is 11.7 Å². The number of rotatable bonds is 8. The number of benzene rings is 2. The number of nitrogens with one attached hydrogen (secondary N) is 1. The summed E-state index contributed by atoms with van der Waals surface area (Å²) in [6.45, 7) is 2.80. The summed E-state index contributed by atoms with van der Waals surface area (Å²) < 4.78 is 20.9. The third-order valence-electron chi connectivity index (χ3n) is 4.02. The summed E-state index contributed by atoms with van der Waals surface area (Å²) in [6.07, 6.45) is 2.68. The molecule has 0 saturated carbocycles. The summed E-state index contributed by atoms with van der Waals surface area (Å²) in [5.74, 6) is 0.405. The molecule has 0 atom stereocenters. The van der Waals surface area contributed by atoms with Crippen LogP contribution in [0.25, 0.3) is 5.69 Å². The van der Waals surface area contributed by atoms with Crippen LogP contribution in [0.2, 0.25) is 0 Å². The van der Waals surface area contributed by atoms with Gasteiger partial charge in [0, 0.05) is 12.6 Å². The Balaban J connectivity index is 1.40. The van der Waals surface area contributed by atoms with E-state index in [2.05, 4.69) is 10.4 Å². The van der Waals surface area contributed by atoms with E-state index in [0.717, 1.165) is 11.3 Å². The minimum absolute atomic E-state index is 0.0664. The number of hydrogen-bond donors (Lipinski definition) is 1. The lowest BCUT2D eigenvalue weighted by Crippen LogP contribution is -2.23. The Kier molecular flexibility index (Phi) is 6.20. The number of carbonyl (C=O) groups is 1. The number of nitrogens with zero attached hydrogens (tertiary/aromatic N) is 2. The molecule has 0 saturated heterocycles. The molecule has 0 aliphatic heterocycles. The highest BCUT2D eigenvalue weighted by molar-refractivity contribution is 5.75. The van der Waals surface area contributed by atoms with Gasteiger partial charge in [0.1, 0.15) is 17.3 Å². The van der Waals surface area contributed by atoms with Crippen molar-refractivity contribution in [3.05, 3.63) is 77.9 Å². The fourth-order valence-electron chi connectivity index (χ4n) is 2.63. The molecular formula is C21H22FN3O2. The first kappa shape index (κ1) is 18.6. The van der Waals surface area contributed by atoms with Crippen molar-refractivity contribution >= 4 is 5.91 Å². The van der Waals surface area contributed by atoms with Crippen LogP contribution in [-0.2, 0) is 11.3 Å². The van der Waals surface area contributed by atoms with Crippen molar-refractivity contribution in [2.75, 3.05) is 6.61 Å². The van der Waals surface area contributed by atoms with E-state index >= 15 is 0 Å². The van der Waals surface area contributed by atoms with Gasteiger partial charge in [-0.1, -0.05) is 24.3 Å². The molecule has 0 fully saturated rings. The van der Waals surface area contributed by atoms with Gasteiger partial charge in [0.25, 0.3) is 0 Å². The summed E-state index contributed by atoms with van der Waals surface area (Å²) in [7, 11) is 0. The number of para-hydroxylation sites is 1. The second-order valence-corrected chi connectivity index (χ2v) is 6.25. The second-order valence-electron chi connectivity index (χ2n) is 6.25. The minimum atomic E-state index is -0.343. The fourth-order valence-corrected chi connectivity index (χ4v) is 2.63. The van der Waals surface area contributed by atoms with Crippen molar-refractivity contribution in [3.63, 3.8) is 0 Å². The molecule has 0 unspecified atom stereocenters. The zero-order chi connectivity index (χ0) is 19.1. The Bertz CT molecular complexity index is 908. The average molecular weight is 367 g/mol. The van der Waals surface area contributed by atoms with Crippen molar-refractivity contribution in [1.82, 2.24) is 15.1 Å². The summed E-state index contributed by atoms with van der Waals surface area (Å²) >= 11 is 0. The highest BCUT2D eigenvalue weighted by Crippen LogP contribution is 2.13. The molecule has 140 valence electrons. The van der Waals surface area contributed by atoms with Crippen molar-refractivity contribution in [2.24, 2.45) is 0 Å². The standard InChI is InChI=1S/C21H22FN3O2/c1-16-6-4-7-18(14-16)27-13-5-10-21(26)23-15-17-11-12-25(24-17)20-9-3-2-8-19(20)22/h2-4,6-9,11-12,14H,5,10,13,15H2,1H3,(H,23,26). The first-order valence-corrected chi connectivity index (χ1v) is 8.87. The molecule has 0 spiro atoms. The Morgan fingerprint density at radius 1 is 1.19 bits per heavy atom. The third-order valence-corrected chi connectivity index (χ3v) is 4.02. The molecule has 0 aliphatic carbocycles. The van der Waals surface area contributed by atoms with E-state index in [1.54, 1.807) is 30.5 Å². The molecule has 3 aromatic rings. The summed E-state index contributed by atoms with van der Waals surface area (Å²) in [4.78, 5) is 12.0. The van der Waals surface area contributed by atoms with Gasteiger partial charge in [-0.3, -0.25) is 4.79 Å². The summed E-state index contributed by atoms with van der Waals surface area (Å²) in [5, 5.41) is 7.12. The van der Waals surface area contributed by atoms with Crippen LogP contribution in [0, 0.1) is 12.7 Å². The predicted molar refractivity (Wildman–Crippen MR) is 101 cm³/mol. The van der Waals surface area contributed by atoms with E-state index in [9.17, 15) is 9.18 Å². The molecule has 1 N–H and O–H groups in total. The highest BCUT2D eigenvalue weighted by Gasteiger charge is 2.07. The zero-order valence-corrected chi connectivity index (χ0v) is 15.2. The molecule has 1 aromatic heterocycles. The van der Waals surface area contributed by atoms with E-state index in [4.69, 9.17) is 4.74 Å². The van der Waals surface area contributed by atoms with Crippen LogP contribution >= 0.6 is 0 Å². The van der Waals surface area contributed by atoms with Gasteiger partial charge in [-0.05, 0) is 49.2 Å². The molecule has 3 rings (SSSR count). The molecule has 6 heteroatoms. The Morgan fingerprint density at radius 3 is 2.85 bits per heavy atom. The zero-order valence-electron chi connectivity index (χ0n) is 15.2. The fraction of sp³-hybridized carbons (Fsp3) is 0.238. The van der Waals surface area contributed by atoms with Crippen LogP contribution in [-0.4, -0.2) is 22.3 Å². The Hall–Kier alpha value is -3.15. The van der Waals surface area contributed by atoms with Gasteiger partial charge in [0.15, 0.2) is 0 Å². The first-order valence-electron chi connectivity index (χ1n) is 8.87. The Morgan fingerprint density at radius 2 is 2.04 bits per heavy atom. The van der Waals surface area contributed by atoms with Crippen LogP contribution in [0.15, 0.2) is 60.8 Å². The minimum Gasteiger partial charge on any atom is -0.494 e. The van der Waals surface area contributed by atoms with E-state index in [1.165, 1.54) is 10.7 Å². The third kappa shape index (κ3) is 5.41. The maximum atomic E-state index is 13.8. The van der Waals surface area contributed by atoms with Crippen molar-refractivity contribution in [3.8, 4) is 11.4 Å². The first-order chi connectivity index (χ1) is 13.1. The SMILES string of the molecule is Cc1cccc(OCCCC(=O)NCc2ccn(-c3ccccc3F)n2)c1. The molecule has 27 heavy (non-hydrogen) atoms. The number of amides is 1. The van der Waals surface area contributed by atoms with Crippen molar-refractivity contribution < 1.29 is 13.9 Å². The number of aryl methyl sites for hydroxylation is 1. The lowest BCUT2D eigenvalue weighted by Gasteiger charge is -2.07. The van der Waals surface area contributed by atoms with E-state index in [0.29, 0.717) is 37.4 Å². The van der Waals surface area contributed by atoms with E-state index in [1.807, 2.05) is 31.2 Å². The number of aromatic nitrogens is 2. The van der Waals surface area contributed by atoms with Crippen LogP contribution in [0.4, 0.5) is 4.39 Å². The van der Waals surface area contributed by atoms with Crippen molar-refractivity contribution in [2.45, 2.75) is 26.3 Å². The molecule has 0 radical (unpaired) electrons. The van der Waals surface area contributed by atoms with Gasteiger partial charge in [-0.15, -0.1) is 0 Å². The lowest BCUT2D eigenvalue weighted by molar-refractivity contribution is -0.121. The van der Waals surface area contributed by atoms with Crippen molar-refractivity contribution in [1.29, 1.82) is 0 Å². The molecule has 0 aliphatic rings. The number of hydrogen-bond acceptors (Lipinski definition) is 3. The maximum Gasteiger partial charge on any atom is 0.220 e. The number of carbonyl (C=O) groups excluding carboxylic acids is 1. The molecule has 2 aromatic carbocycles. The van der Waals surface area contributed by atoms with Gasteiger partial charge < -0.3 is 10.1 Å². The molecule has 0 bridgehead atoms. The molecular weight excluding hydrogens is 345 g/mol. The number of halogens is 1. The average Bonchev–Trinajstić information content (AvgIpc) is 3.13. The summed E-state index contributed by atoms with van der Waals surface area (Å²) in [5.41, 5.74) is 2.19. The highest BCUT2D eigenvalue weighted by atomic mass is 19.1. The Labute approximate surface area is 157 Å². The smallest absolute Gasteiger partial charge is 0.220 e. The lowest BCUT2D eigenvalue weighted by atomic mass is 10.2. The second kappa shape index (κ2) is 8.98. The number of ether oxygens (including phenoxy) is 1. The maximum absolute atomic E-state index is 13.8. The monoisotopic (exact) mass is 367 g/mol. The molecule has 5 nitrogen and oxygen atoms in total. The molecule has 1 amide bonds. The van der Waals surface area contributed by atoms with Gasteiger partial charge in [0.2, 0.25) is 5.91 Å². The predicted octanol–water partition coefficient (Wildman–Crippen LogP) is 3.80. The molecule has 1 heterocycles. The van der Waals surface area contributed by atoms with Gasteiger partial charge >= 0.3 is 0 Å². The van der Waals surface area contributed by atoms with Gasteiger partial charge in [-0.25, -0.2) is 9.07 Å².